The maximum absolute atomic E-state index is 6.79. The van der Waals surface area contributed by atoms with Gasteiger partial charge in [-0.15, -0.1) is 22.7 Å². The second-order valence-electron chi connectivity index (χ2n) is 17.6. The van der Waals surface area contributed by atoms with Crippen LogP contribution >= 0.6 is 22.7 Å². The molecule has 0 unspecified atom stereocenters. The van der Waals surface area contributed by atoms with Crippen molar-refractivity contribution in [3.63, 3.8) is 0 Å². The van der Waals surface area contributed by atoms with Crippen molar-refractivity contribution in [2.45, 2.75) is 26.2 Å². The van der Waals surface area contributed by atoms with Crippen molar-refractivity contribution in [2.75, 3.05) is 4.90 Å². The van der Waals surface area contributed by atoms with E-state index in [2.05, 4.69) is 188 Å². The molecule has 0 N–H and O–H groups in total. The van der Waals surface area contributed by atoms with E-state index in [4.69, 9.17) is 4.42 Å². The molecule has 0 saturated heterocycles. The second kappa shape index (κ2) is 11.6. The number of para-hydroxylation sites is 2. The lowest BCUT2D eigenvalue weighted by molar-refractivity contribution is 0.590. The molecule has 0 spiro atoms. The fourth-order valence-corrected chi connectivity index (χ4v) is 13.1. The molecular formula is C54H35BN2OS2. The highest BCUT2D eigenvalue weighted by atomic mass is 32.1. The van der Waals surface area contributed by atoms with E-state index in [1.54, 1.807) is 0 Å². The summed E-state index contributed by atoms with van der Waals surface area (Å²) >= 11 is 3.84. The Morgan fingerprint density at radius 3 is 2.05 bits per heavy atom. The zero-order chi connectivity index (χ0) is 39.6. The quantitative estimate of drug-likeness (QED) is 0.162. The van der Waals surface area contributed by atoms with E-state index in [-0.39, 0.29) is 12.3 Å². The van der Waals surface area contributed by atoms with Crippen LogP contribution in [0.25, 0.3) is 95.6 Å². The van der Waals surface area contributed by atoms with E-state index < -0.39 is 0 Å². The third-order valence-electron chi connectivity index (χ3n) is 13.3. The number of benzene rings is 8. The van der Waals surface area contributed by atoms with Crippen LogP contribution in [0.5, 0.6) is 0 Å². The Kier molecular flexibility index (Phi) is 6.41. The molecule has 0 atom stereocenters. The Bertz CT molecular complexity index is 3840. The largest absolute Gasteiger partial charge is 0.456 e. The van der Waals surface area contributed by atoms with Crippen LogP contribution in [0.15, 0.2) is 162 Å². The van der Waals surface area contributed by atoms with E-state index in [1.807, 2.05) is 22.7 Å². The van der Waals surface area contributed by atoms with Gasteiger partial charge in [-0.05, 0) is 81.6 Å². The Labute approximate surface area is 354 Å². The summed E-state index contributed by atoms with van der Waals surface area (Å²) in [6.07, 6.45) is 0. The summed E-state index contributed by atoms with van der Waals surface area (Å²) in [7, 11) is 0. The highest BCUT2D eigenvalue weighted by Gasteiger charge is 2.46. The van der Waals surface area contributed by atoms with Crippen LogP contribution in [0.3, 0.4) is 0 Å². The first-order valence-electron chi connectivity index (χ1n) is 20.8. The number of anilines is 3. The van der Waals surface area contributed by atoms with Crippen LogP contribution in [-0.2, 0) is 5.41 Å². The summed E-state index contributed by atoms with van der Waals surface area (Å²) in [5, 5.41) is 7.58. The average Bonchev–Trinajstić information content (AvgIpc) is 4.04. The summed E-state index contributed by atoms with van der Waals surface area (Å²) in [4.78, 5) is 2.65. The Morgan fingerprint density at radius 1 is 0.500 bits per heavy atom. The molecule has 0 saturated carbocycles. The molecular weight excluding hydrogens is 768 g/mol. The standard InChI is InChI=1S/C54H35BN2OS2/c1-54(2,3)31-24-25-39(37(28-31)30-14-5-4-6-15-30)56-40-26-27-42-46(33-16-7-10-21-41(33)58-42)49(40)55-48-38(29-45-47(52(48)56)34-17-8-11-22-43(34)59-45)32-19-13-20-36-50(32)57(55)51-35-18-9-12-23-44(35)60-53(36)51/h4-29H,1-3H3. The van der Waals surface area contributed by atoms with Crippen LogP contribution in [0.1, 0.15) is 26.3 Å². The zero-order valence-corrected chi connectivity index (χ0v) is 34.8. The number of nitrogens with zero attached hydrogens (tertiary/aromatic N) is 2. The van der Waals surface area contributed by atoms with Crippen LogP contribution in [0.4, 0.5) is 17.1 Å². The molecule has 14 rings (SSSR count). The lowest BCUT2D eigenvalue weighted by Gasteiger charge is -2.42. The predicted molar refractivity (Wildman–Crippen MR) is 260 cm³/mol. The third-order valence-corrected chi connectivity index (χ3v) is 15.6. The molecule has 6 heterocycles. The number of fused-ring (bicyclic) bond motifs is 17. The molecule has 8 aromatic carbocycles. The molecule has 0 fully saturated rings. The highest BCUT2D eigenvalue weighted by Crippen LogP contribution is 2.54. The van der Waals surface area contributed by atoms with Gasteiger partial charge in [0.2, 0.25) is 0 Å². The van der Waals surface area contributed by atoms with Gasteiger partial charge in [-0.25, -0.2) is 0 Å². The van der Waals surface area contributed by atoms with Gasteiger partial charge >= 0.3 is 6.85 Å². The fourth-order valence-electron chi connectivity index (χ4n) is 10.8. The number of rotatable bonds is 2. The maximum atomic E-state index is 6.79. The Balaban J connectivity index is 1.24. The summed E-state index contributed by atoms with van der Waals surface area (Å²) in [5.41, 5.74) is 17.1. The molecule has 2 aliphatic heterocycles. The SMILES string of the molecule is CC(C)(C)c1ccc(N2c3ccc4oc5ccccc5c4c3B3c4c(cc5sc6ccccc6c5c42)-c2cccc4c5sc6ccccc6c5n3c24)c(-c2ccccc2)c1. The monoisotopic (exact) mass is 802 g/mol. The van der Waals surface area contributed by atoms with Gasteiger partial charge in [0.05, 0.1) is 21.6 Å². The van der Waals surface area contributed by atoms with Crippen molar-refractivity contribution < 1.29 is 4.42 Å². The van der Waals surface area contributed by atoms with E-state index in [0.717, 1.165) is 16.6 Å². The number of hydrogen-bond acceptors (Lipinski definition) is 4. The first kappa shape index (κ1) is 33.3. The van der Waals surface area contributed by atoms with Gasteiger partial charge in [0.1, 0.15) is 11.2 Å². The molecule has 2 aliphatic rings. The van der Waals surface area contributed by atoms with E-state index in [9.17, 15) is 0 Å². The van der Waals surface area contributed by atoms with Crippen LogP contribution in [0, 0.1) is 0 Å². The van der Waals surface area contributed by atoms with Gasteiger partial charge in [0.15, 0.2) is 0 Å². The minimum atomic E-state index is -0.129. The summed E-state index contributed by atoms with van der Waals surface area (Å²) < 4.78 is 14.8. The van der Waals surface area contributed by atoms with Crippen LogP contribution in [0.2, 0.25) is 0 Å². The number of hydrogen-bond donors (Lipinski definition) is 0. The van der Waals surface area contributed by atoms with Crippen LogP contribution in [-0.4, -0.2) is 11.3 Å². The van der Waals surface area contributed by atoms with Gasteiger partial charge in [0, 0.05) is 68.7 Å². The minimum absolute atomic E-state index is 0.0320. The van der Waals surface area contributed by atoms with Crippen molar-refractivity contribution in [2.24, 2.45) is 0 Å². The van der Waals surface area contributed by atoms with Crippen molar-refractivity contribution in [3.05, 3.63) is 163 Å². The average molecular weight is 803 g/mol. The topological polar surface area (TPSA) is 21.3 Å². The first-order chi connectivity index (χ1) is 29.4. The lowest BCUT2D eigenvalue weighted by atomic mass is 9.44. The number of aromatic nitrogens is 1. The lowest BCUT2D eigenvalue weighted by Crippen LogP contribution is -2.57. The Morgan fingerprint density at radius 2 is 1.22 bits per heavy atom. The molecule has 0 amide bonds. The molecule has 282 valence electrons. The van der Waals surface area contributed by atoms with E-state index in [1.165, 1.54) is 113 Å². The van der Waals surface area contributed by atoms with Gasteiger partial charge in [-0.1, -0.05) is 130 Å². The minimum Gasteiger partial charge on any atom is -0.456 e. The van der Waals surface area contributed by atoms with Gasteiger partial charge in [-0.2, -0.15) is 0 Å². The molecule has 12 aromatic rings. The zero-order valence-electron chi connectivity index (χ0n) is 33.2. The summed E-state index contributed by atoms with van der Waals surface area (Å²) in [6, 6.07) is 59.0. The second-order valence-corrected chi connectivity index (χ2v) is 19.7. The highest BCUT2D eigenvalue weighted by molar-refractivity contribution is 7.27. The summed E-state index contributed by atoms with van der Waals surface area (Å²) in [5.74, 6) is 0. The van der Waals surface area contributed by atoms with Gasteiger partial charge in [0.25, 0.3) is 0 Å². The van der Waals surface area contributed by atoms with Crippen molar-refractivity contribution in [1.29, 1.82) is 0 Å². The van der Waals surface area contributed by atoms with Gasteiger partial charge in [-0.3, -0.25) is 0 Å². The smallest absolute Gasteiger partial charge is 0.333 e. The molecule has 0 aliphatic carbocycles. The molecule has 60 heavy (non-hydrogen) atoms. The summed E-state index contributed by atoms with van der Waals surface area (Å²) in [6.45, 7) is 6.82. The maximum Gasteiger partial charge on any atom is 0.333 e. The number of thiophene rings is 2. The fraction of sp³-hybridized carbons (Fsp3) is 0.0741. The van der Waals surface area contributed by atoms with E-state index >= 15 is 0 Å². The molecule has 3 nitrogen and oxygen atoms in total. The molecule has 0 radical (unpaired) electrons. The molecule has 6 heteroatoms. The first-order valence-corrected chi connectivity index (χ1v) is 22.4. The molecule has 0 bridgehead atoms. The van der Waals surface area contributed by atoms with Crippen molar-refractivity contribution >= 4 is 131 Å². The Hall–Kier alpha value is -6.60. The van der Waals surface area contributed by atoms with Crippen LogP contribution < -0.4 is 15.8 Å². The van der Waals surface area contributed by atoms with E-state index in [0.29, 0.717) is 0 Å². The van der Waals surface area contributed by atoms with Gasteiger partial charge < -0.3 is 13.8 Å². The van der Waals surface area contributed by atoms with Crippen molar-refractivity contribution in [1.82, 2.24) is 4.48 Å². The third kappa shape index (κ3) is 4.20. The number of furan rings is 1. The normalized spacial score (nSPS) is 13.5. The molecule has 4 aromatic heterocycles. The predicted octanol–water partition coefficient (Wildman–Crippen LogP) is 14.7. The van der Waals surface area contributed by atoms with Crippen molar-refractivity contribution in [3.8, 4) is 22.3 Å².